The summed E-state index contributed by atoms with van der Waals surface area (Å²) < 4.78 is 11.1. The highest BCUT2D eigenvalue weighted by atomic mass is 16.7. The van der Waals surface area contributed by atoms with E-state index >= 15 is 0 Å². The lowest BCUT2D eigenvalue weighted by Crippen LogP contribution is -2.29. The van der Waals surface area contributed by atoms with E-state index in [0.717, 1.165) is 5.56 Å². The average molecular weight is 223 g/mol. The van der Waals surface area contributed by atoms with Crippen LogP contribution in [0.25, 0.3) is 0 Å². The molecule has 0 fully saturated rings. The van der Waals surface area contributed by atoms with Gasteiger partial charge in [-0.2, -0.15) is 0 Å². The molecule has 0 saturated carbocycles. The summed E-state index contributed by atoms with van der Waals surface area (Å²) in [6.07, 6.45) is -0.683. The third-order valence-corrected chi connectivity index (χ3v) is 2.52. The summed E-state index contributed by atoms with van der Waals surface area (Å²) in [5, 5.41) is 9.84. The van der Waals surface area contributed by atoms with E-state index in [1.807, 2.05) is 13.8 Å². The summed E-state index contributed by atoms with van der Waals surface area (Å²) in [4.78, 5) is 0. The normalized spacial score (nSPS) is 20.6. The topological polar surface area (TPSA) is 64.7 Å². The highest BCUT2D eigenvalue weighted by Gasteiger charge is 2.32. The van der Waals surface area contributed by atoms with Crippen molar-refractivity contribution in [2.45, 2.75) is 38.7 Å². The van der Waals surface area contributed by atoms with Gasteiger partial charge >= 0.3 is 0 Å². The molecular weight excluding hydrogens is 206 g/mol. The molecule has 2 atom stereocenters. The molecule has 16 heavy (non-hydrogen) atoms. The number of aliphatic hydroxyl groups excluding tert-OH is 1. The molecule has 4 nitrogen and oxygen atoms in total. The Balaban J connectivity index is 2.29. The fourth-order valence-corrected chi connectivity index (χ4v) is 1.73. The van der Waals surface area contributed by atoms with E-state index in [-0.39, 0.29) is 6.04 Å². The molecule has 4 heteroatoms. The van der Waals surface area contributed by atoms with Crippen LogP contribution in [0.3, 0.4) is 0 Å². The average Bonchev–Trinajstić information content (AvgIpc) is 2.48. The molecule has 0 bridgehead atoms. The van der Waals surface area contributed by atoms with Gasteiger partial charge in [-0.15, -0.1) is 0 Å². The Hall–Kier alpha value is -1.26. The number of hydrogen-bond acceptors (Lipinski definition) is 4. The predicted octanol–water partition coefficient (Wildman–Crippen LogP) is 1.57. The zero-order chi connectivity index (χ0) is 11.9. The Morgan fingerprint density at radius 2 is 1.88 bits per heavy atom. The van der Waals surface area contributed by atoms with Gasteiger partial charge in [-0.3, -0.25) is 0 Å². The maximum Gasteiger partial charge on any atom is 0.246 e. The lowest BCUT2D eigenvalue weighted by atomic mass is 10.0. The van der Waals surface area contributed by atoms with Crippen LogP contribution in [0.5, 0.6) is 11.5 Å². The summed E-state index contributed by atoms with van der Waals surface area (Å²) in [6.45, 7) is 5.45. The van der Waals surface area contributed by atoms with Gasteiger partial charge in [0.1, 0.15) is 0 Å². The van der Waals surface area contributed by atoms with E-state index in [0.29, 0.717) is 11.5 Å². The molecule has 1 aromatic rings. The number of benzene rings is 1. The maximum absolute atomic E-state index is 9.84. The largest absolute Gasteiger partial charge is 0.449 e. The summed E-state index contributed by atoms with van der Waals surface area (Å²) in [5.41, 5.74) is 6.39. The molecular formula is C12H17NO3. The molecule has 3 N–H and O–H groups in total. The van der Waals surface area contributed by atoms with Crippen LogP contribution in [0.4, 0.5) is 0 Å². The summed E-state index contributed by atoms with van der Waals surface area (Å²) >= 11 is 0. The second kappa shape index (κ2) is 3.64. The first-order valence-corrected chi connectivity index (χ1v) is 5.35. The number of hydrogen-bond donors (Lipinski definition) is 2. The first kappa shape index (κ1) is 11.2. The van der Waals surface area contributed by atoms with E-state index in [1.165, 1.54) is 0 Å². The van der Waals surface area contributed by atoms with E-state index in [1.54, 1.807) is 25.1 Å². The van der Waals surface area contributed by atoms with Crippen LogP contribution in [0.15, 0.2) is 18.2 Å². The van der Waals surface area contributed by atoms with Crippen molar-refractivity contribution in [3.63, 3.8) is 0 Å². The van der Waals surface area contributed by atoms with Crippen LogP contribution in [-0.2, 0) is 0 Å². The minimum Gasteiger partial charge on any atom is -0.449 e. The monoisotopic (exact) mass is 223 g/mol. The van der Waals surface area contributed by atoms with Crippen molar-refractivity contribution in [3.05, 3.63) is 23.8 Å². The van der Waals surface area contributed by atoms with Crippen molar-refractivity contribution in [1.29, 1.82) is 0 Å². The molecule has 0 radical (unpaired) electrons. The van der Waals surface area contributed by atoms with Crippen molar-refractivity contribution in [2.24, 2.45) is 5.73 Å². The van der Waals surface area contributed by atoms with Gasteiger partial charge in [-0.05, 0) is 24.6 Å². The Morgan fingerprint density at radius 3 is 2.50 bits per heavy atom. The highest BCUT2D eigenvalue weighted by Crippen LogP contribution is 2.40. The van der Waals surface area contributed by atoms with Crippen LogP contribution < -0.4 is 15.2 Å². The van der Waals surface area contributed by atoms with Crippen LogP contribution in [0.2, 0.25) is 0 Å². The molecule has 0 saturated heterocycles. The standard InChI is InChI=1S/C12H17NO3/c1-7(13)11(14)8-4-5-9-10(6-8)16-12(2,3)15-9/h4-7,11,14H,13H2,1-3H3. The van der Waals surface area contributed by atoms with E-state index in [4.69, 9.17) is 15.2 Å². The van der Waals surface area contributed by atoms with Crippen LogP contribution in [-0.4, -0.2) is 16.9 Å². The van der Waals surface area contributed by atoms with Gasteiger partial charge in [0, 0.05) is 19.9 Å². The third-order valence-electron chi connectivity index (χ3n) is 2.52. The molecule has 1 heterocycles. The molecule has 0 aliphatic carbocycles. The number of nitrogens with two attached hydrogens (primary N) is 1. The molecule has 2 unspecified atom stereocenters. The van der Waals surface area contributed by atoms with Crippen molar-refractivity contribution in [2.75, 3.05) is 0 Å². The molecule has 88 valence electrons. The van der Waals surface area contributed by atoms with Gasteiger partial charge in [0.05, 0.1) is 6.10 Å². The van der Waals surface area contributed by atoms with Gasteiger partial charge < -0.3 is 20.3 Å². The maximum atomic E-state index is 9.84. The summed E-state index contributed by atoms with van der Waals surface area (Å²) in [5.74, 6) is 0.716. The van der Waals surface area contributed by atoms with Gasteiger partial charge in [0.25, 0.3) is 0 Å². The van der Waals surface area contributed by atoms with Gasteiger partial charge in [-0.25, -0.2) is 0 Å². The Kier molecular flexibility index (Phi) is 2.56. The zero-order valence-corrected chi connectivity index (χ0v) is 9.73. The van der Waals surface area contributed by atoms with E-state index in [9.17, 15) is 5.11 Å². The molecule has 1 aromatic carbocycles. The molecule has 1 aliphatic heterocycles. The van der Waals surface area contributed by atoms with Crippen molar-refractivity contribution >= 4 is 0 Å². The third kappa shape index (κ3) is 1.99. The van der Waals surface area contributed by atoms with Crippen LogP contribution >= 0.6 is 0 Å². The zero-order valence-electron chi connectivity index (χ0n) is 9.73. The van der Waals surface area contributed by atoms with Gasteiger partial charge in [0.15, 0.2) is 11.5 Å². The summed E-state index contributed by atoms with van der Waals surface area (Å²) in [7, 11) is 0. The molecule has 0 aromatic heterocycles. The van der Waals surface area contributed by atoms with Crippen molar-refractivity contribution < 1.29 is 14.6 Å². The summed E-state index contributed by atoms with van der Waals surface area (Å²) in [6, 6.07) is 5.06. The quantitative estimate of drug-likeness (QED) is 0.798. The van der Waals surface area contributed by atoms with Crippen LogP contribution in [0.1, 0.15) is 32.4 Å². The molecule has 2 rings (SSSR count). The van der Waals surface area contributed by atoms with Gasteiger partial charge in [-0.1, -0.05) is 6.07 Å². The predicted molar refractivity (Wildman–Crippen MR) is 60.4 cm³/mol. The van der Waals surface area contributed by atoms with Crippen LogP contribution in [0, 0.1) is 0 Å². The first-order chi connectivity index (χ1) is 7.39. The van der Waals surface area contributed by atoms with Crippen molar-refractivity contribution in [1.82, 2.24) is 0 Å². The van der Waals surface area contributed by atoms with E-state index in [2.05, 4.69) is 0 Å². The first-order valence-electron chi connectivity index (χ1n) is 5.35. The fraction of sp³-hybridized carbons (Fsp3) is 0.500. The number of ether oxygens (including phenoxy) is 2. The Labute approximate surface area is 95.0 Å². The second-order valence-corrected chi connectivity index (χ2v) is 4.61. The highest BCUT2D eigenvalue weighted by molar-refractivity contribution is 5.46. The van der Waals surface area contributed by atoms with Crippen molar-refractivity contribution in [3.8, 4) is 11.5 Å². The minimum atomic E-state index is -0.683. The number of fused-ring (bicyclic) bond motifs is 1. The molecule has 1 aliphatic rings. The smallest absolute Gasteiger partial charge is 0.246 e. The second-order valence-electron chi connectivity index (χ2n) is 4.61. The Bertz CT molecular complexity index is 401. The Morgan fingerprint density at radius 1 is 1.25 bits per heavy atom. The molecule has 0 spiro atoms. The number of rotatable bonds is 2. The minimum absolute atomic E-state index is 0.312. The fourth-order valence-electron chi connectivity index (χ4n) is 1.73. The van der Waals surface area contributed by atoms with Gasteiger partial charge in [0.2, 0.25) is 5.79 Å². The SMILES string of the molecule is CC(N)C(O)c1ccc2c(c1)OC(C)(C)O2. The van der Waals surface area contributed by atoms with E-state index < -0.39 is 11.9 Å². The number of aliphatic hydroxyl groups is 1. The lowest BCUT2D eigenvalue weighted by Gasteiger charge is -2.16. The lowest BCUT2D eigenvalue weighted by molar-refractivity contribution is -0.0432. The molecule has 0 amide bonds.